The Labute approximate surface area is 103 Å². The third-order valence-corrected chi connectivity index (χ3v) is 2.48. The third-order valence-electron chi connectivity index (χ3n) is 2.48. The number of nitrogens with two attached hydrogens (primary N) is 1. The minimum Gasteiger partial charge on any atom is -0.383 e. The number of aromatic nitrogens is 3. The van der Waals surface area contributed by atoms with Crippen molar-refractivity contribution < 1.29 is 9.18 Å². The van der Waals surface area contributed by atoms with E-state index in [2.05, 4.69) is 15.4 Å². The van der Waals surface area contributed by atoms with Crippen LogP contribution in [0.5, 0.6) is 0 Å². The smallest absolute Gasteiger partial charge is 0.255 e. The summed E-state index contributed by atoms with van der Waals surface area (Å²) in [6.07, 6.45) is 2.59. The number of amides is 1. The van der Waals surface area contributed by atoms with Gasteiger partial charge in [-0.25, -0.2) is 9.37 Å². The molecule has 2 heterocycles. The number of halogens is 1. The second kappa shape index (κ2) is 4.82. The lowest BCUT2D eigenvalue weighted by Gasteiger charge is -2.07. The summed E-state index contributed by atoms with van der Waals surface area (Å²) in [5, 5.41) is 6.59. The Kier molecular flexibility index (Phi) is 3.22. The molecule has 18 heavy (non-hydrogen) atoms. The van der Waals surface area contributed by atoms with E-state index in [9.17, 15) is 9.18 Å². The molecule has 7 heteroatoms. The summed E-state index contributed by atoms with van der Waals surface area (Å²) in [4.78, 5) is 15.4. The first-order valence-electron chi connectivity index (χ1n) is 5.24. The van der Waals surface area contributed by atoms with Crippen LogP contribution in [0.4, 0.5) is 10.2 Å². The summed E-state index contributed by atoms with van der Waals surface area (Å²) in [7, 11) is 1.76. The SMILES string of the molecule is Cn1nccc1CNC(=O)c1cc(F)cnc1N. The fraction of sp³-hybridized carbons (Fsp3) is 0.182. The molecular formula is C11H12FN5O. The molecule has 0 aliphatic carbocycles. The van der Waals surface area contributed by atoms with Crippen LogP contribution in [0.1, 0.15) is 16.1 Å². The van der Waals surface area contributed by atoms with Crippen LogP contribution in [0.25, 0.3) is 0 Å². The Morgan fingerprint density at radius 3 is 3.06 bits per heavy atom. The molecule has 0 saturated heterocycles. The van der Waals surface area contributed by atoms with Crippen LogP contribution < -0.4 is 11.1 Å². The second-order valence-electron chi connectivity index (χ2n) is 3.72. The Morgan fingerprint density at radius 2 is 2.39 bits per heavy atom. The number of rotatable bonds is 3. The van der Waals surface area contributed by atoms with E-state index >= 15 is 0 Å². The van der Waals surface area contributed by atoms with E-state index < -0.39 is 11.7 Å². The highest BCUT2D eigenvalue weighted by Crippen LogP contribution is 2.09. The average molecular weight is 249 g/mol. The molecule has 2 rings (SSSR count). The molecule has 0 radical (unpaired) electrons. The molecule has 0 unspecified atom stereocenters. The number of hydrogen-bond acceptors (Lipinski definition) is 4. The number of carbonyl (C=O) groups excluding carboxylic acids is 1. The fourth-order valence-electron chi connectivity index (χ4n) is 1.47. The number of nitrogen functional groups attached to an aromatic ring is 1. The van der Waals surface area contributed by atoms with Crippen LogP contribution in [0.3, 0.4) is 0 Å². The first-order chi connectivity index (χ1) is 8.58. The monoisotopic (exact) mass is 249 g/mol. The van der Waals surface area contributed by atoms with Gasteiger partial charge in [-0.05, 0) is 12.1 Å². The summed E-state index contributed by atoms with van der Waals surface area (Å²) >= 11 is 0. The standard InChI is InChI=1S/C11H12FN5O/c1-17-8(2-3-16-17)6-15-11(18)9-4-7(12)5-14-10(9)13/h2-5H,6H2,1H3,(H2,13,14)(H,15,18). The molecule has 94 valence electrons. The van der Waals surface area contributed by atoms with Crippen molar-refractivity contribution in [3.63, 3.8) is 0 Å². The zero-order chi connectivity index (χ0) is 13.1. The predicted molar refractivity (Wildman–Crippen MR) is 63.0 cm³/mol. The van der Waals surface area contributed by atoms with Crippen LogP contribution in [0, 0.1) is 5.82 Å². The molecule has 1 amide bonds. The highest BCUT2D eigenvalue weighted by molar-refractivity contribution is 5.98. The zero-order valence-electron chi connectivity index (χ0n) is 9.72. The molecule has 0 saturated carbocycles. The van der Waals surface area contributed by atoms with Gasteiger partial charge in [-0.3, -0.25) is 9.48 Å². The predicted octanol–water partition coefficient (Wildman–Crippen LogP) is 0.466. The molecule has 0 atom stereocenters. The largest absolute Gasteiger partial charge is 0.383 e. The van der Waals surface area contributed by atoms with Crippen molar-refractivity contribution >= 4 is 11.7 Å². The first kappa shape index (κ1) is 12.0. The van der Waals surface area contributed by atoms with Crippen molar-refractivity contribution in [3.8, 4) is 0 Å². The molecule has 0 spiro atoms. The molecule has 2 aromatic rings. The Balaban J connectivity index is 2.08. The molecule has 3 N–H and O–H groups in total. The zero-order valence-corrected chi connectivity index (χ0v) is 9.72. The number of nitrogens with zero attached hydrogens (tertiary/aromatic N) is 3. The van der Waals surface area contributed by atoms with Gasteiger partial charge in [-0.2, -0.15) is 5.10 Å². The highest BCUT2D eigenvalue weighted by atomic mass is 19.1. The van der Waals surface area contributed by atoms with Gasteiger partial charge >= 0.3 is 0 Å². The van der Waals surface area contributed by atoms with E-state index in [0.29, 0.717) is 0 Å². The summed E-state index contributed by atoms with van der Waals surface area (Å²) in [6, 6.07) is 2.83. The number of carbonyl (C=O) groups is 1. The lowest BCUT2D eigenvalue weighted by molar-refractivity contribution is 0.0950. The molecule has 0 aliphatic rings. The van der Waals surface area contributed by atoms with Crippen LogP contribution in [0.15, 0.2) is 24.5 Å². The van der Waals surface area contributed by atoms with E-state index in [0.717, 1.165) is 18.0 Å². The quantitative estimate of drug-likeness (QED) is 0.827. The van der Waals surface area contributed by atoms with Crippen molar-refractivity contribution in [2.24, 2.45) is 7.05 Å². The minimum atomic E-state index is -0.602. The van der Waals surface area contributed by atoms with E-state index in [1.54, 1.807) is 24.0 Å². The molecule has 0 aromatic carbocycles. The number of hydrogen-bond donors (Lipinski definition) is 2. The normalized spacial score (nSPS) is 10.3. The van der Waals surface area contributed by atoms with Crippen molar-refractivity contribution in [1.29, 1.82) is 0 Å². The van der Waals surface area contributed by atoms with Crippen LogP contribution in [0.2, 0.25) is 0 Å². The second-order valence-corrected chi connectivity index (χ2v) is 3.72. The van der Waals surface area contributed by atoms with Gasteiger partial charge < -0.3 is 11.1 Å². The van der Waals surface area contributed by atoms with E-state index in [1.807, 2.05) is 0 Å². The van der Waals surface area contributed by atoms with Gasteiger partial charge in [-0.1, -0.05) is 0 Å². The average Bonchev–Trinajstić information content (AvgIpc) is 2.75. The Morgan fingerprint density at radius 1 is 1.61 bits per heavy atom. The molecule has 0 bridgehead atoms. The van der Waals surface area contributed by atoms with Crippen molar-refractivity contribution in [2.45, 2.75) is 6.54 Å². The van der Waals surface area contributed by atoms with Gasteiger partial charge in [0.25, 0.3) is 5.91 Å². The number of pyridine rings is 1. The Bertz CT molecular complexity index is 581. The number of nitrogens with one attached hydrogen (secondary N) is 1. The van der Waals surface area contributed by atoms with E-state index in [-0.39, 0.29) is 17.9 Å². The Hall–Kier alpha value is -2.44. The van der Waals surface area contributed by atoms with Gasteiger partial charge in [0.15, 0.2) is 0 Å². The van der Waals surface area contributed by atoms with Crippen molar-refractivity contribution in [3.05, 3.63) is 41.6 Å². The maximum atomic E-state index is 13.0. The van der Waals surface area contributed by atoms with Crippen LogP contribution in [-0.2, 0) is 13.6 Å². The van der Waals surface area contributed by atoms with Gasteiger partial charge in [-0.15, -0.1) is 0 Å². The van der Waals surface area contributed by atoms with E-state index in [4.69, 9.17) is 5.73 Å². The minimum absolute atomic E-state index is 0.00101. The lowest BCUT2D eigenvalue weighted by Crippen LogP contribution is -2.25. The van der Waals surface area contributed by atoms with Crippen molar-refractivity contribution in [2.75, 3.05) is 5.73 Å². The highest BCUT2D eigenvalue weighted by Gasteiger charge is 2.12. The maximum absolute atomic E-state index is 13.0. The molecule has 2 aromatic heterocycles. The lowest BCUT2D eigenvalue weighted by atomic mass is 10.2. The van der Waals surface area contributed by atoms with Crippen LogP contribution in [-0.4, -0.2) is 20.7 Å². The van der Waals surface area contributed by atoms with E-state index in [1.165, 1.54) is 0 Å². The number of anilines is 1. The van der Waals surface area contributed by atoms with Crippen molar-refractivity contribution in [1.82, 2.24) is 20.1 Å². The summed E-state index contributed by atoms with van der Waals surface area (Å²) < 4.78 is 14.6. The third kappa shape index (κ3) is 2.45. The topological polar surface area (TPSA) is 85.8 Å². The first-order valence-corrected chi connectivity index (χ1v) is 5.24. The maximum Gasteiger partial charge on any atom is 0.255 e. The molecule has 6 nitrogen and oxygen atoms in total. The molecule has 0 fully saturated rings. The fourth-order valence-corrected chi connectivity index (χ4v) is 1.47. The van der Waals surface area contributed by atoms with Gasteiger partial charge in [0.05, 0.1) is 24.0 Å². The van der Waals surface area contributed by atoms with Gasteiger partial charge in [0.1, 0.15) is 11.6 Å². The molecule has 0 aliphatic heterocycles. The summed E-state index contributed by atoms with van der Waals surface area (Å²) in [5.41, 5.74) is 6.36. The summed E-state index contributed by atoms with van der Waals surface area (Å²) in [6.45, 7) is 0.283. The molecular weight excluding hydrogens is 237 g/mol. The van der Waals surface area contributed by atoms with Gasteiger partial charge in [0.2, 0.25) is 0 Å². The number of aryl methyl sites for hydroxylation is 1. The van der Waals surface area contributed by atoms with Crippen LogP contribution >= 0.6 is 0 Å². The summed E-state index contributed by atoms with van der Waals surface area (Å²) in [5.74, 6) is -1.07. The van der Waals surface area contributed by atoms with Gasteiger partial charge in [0, 0.05) is 13.2 Å².